The van der Waals surface area contributed by atoms with E-state index in [9.17, 15) is 9.90 Å². The van der Waals surface area contributed by atoms with Crippen LogP contribution in [-0.2, 0) is 9.53 Å². The van der Waals surface area contributed by atoms with Crippen LogP contribution in [0.25, 0.3) is 0 Å². The number of rotatable bonds is 6. The number of carbonyl (C=O) groups is 1. The largest absolute Gasteiger partial charge is 0.480 e. The van der Waals surface area contributed by atoms with Gasteiger partial charge in [0.25, 0.3) is 0 Å². The van der Waals surface area contributed by atoms with E-state index in [0.717, 1.165) is 37.7 Å². The maximum atomic E-state index is 11.3. The van der Waals surface area contributed by atoms with Crippen molar-refractivity contribution < 1.29 is 14.6 Å². The molecule has 1 saturated heterocycles. The summed E-state index contributed by atoms with van der Waals surface area (Å²) in [4.78, 5) is 14.6. The number of carboxylic acid groups (broad SMARTS) is 1. The van der Waals surface area contributed by atoms with Crippen molar-refractivity contribution in [3.63, 3.8) is 0 Å². The molecule has 1 aromatic carbocycles. The Hall–Kier alpha value is -0.750. The highest BCUT2D eigenvalue weighted by molar-refractivity contribution is 8.00. The predicted molar refractivity (Wildman–Crippen MR) is 82.8 cm³/mol. The lowest BCUT2D eigenvalue weighted by molar-refractivity contribution is -0.136. The molecule has 2 rings (SSSR count). The topological polar surface area (TPSA) is 49.8 Å². The lowest BCUT2D eigenvalue weighted by atomic mass is 10.2. The molecule has 1 atom stereocenters. The lowest BCUT2D eigenvalue weighted by Crippen LogP contribution is -2.38. The molecular weight excluding hydrogens is 298 g/mol. The molecule has 1 fully saturated rings. The Morgan fingerprint density at radius 3 is 2.55 bits per heavy atom. The van der Waals surface area contributed by atoms with E-state index < -0.39 is 5.97 Å². The Labute approximate surface area is 129 Å². The summed E-state index contributed by atoms with van der Waals surface area (Å²) in [5.74, 6) is -0.734. The van der Waals surface area contributed by atoms with Crippen LogP contribution in [0.15, 0.2) is 35.2 Å². The molecule has 0 aromatic heterocycles. The molecule has 0 radical (unpaired) electrons. The first-order valence-electron chi connectivity index (χ1n) is 6.50. The molecule has 1 aromatic rings. The second kappa shape index (κ2) is 9.23. The van der Waals surface area contributed by atoms with Crippen molar-refractivity contribution >= 4 is 30.1 Å². The van der Waals surface area contributed by atoms with Crippen LogP contribution in [-0.4, -0.2) is 54.1 Å². The smallest absolute Gasteiger partial charge is 0.317 e. The van der Waals surface area contributed by atoms with Gasteiger partial charge in [-0.05, 0) is 25.1 Å². The van der Waals surface area contributed by atoms with Crippen molar-refractivity contribution in [2.24, 2.45) is 0 Å². The summed E-state index contributed by atoms with van der Waals surface area (Å²) in [5.41, 5.74) is 0. The van der Waals surface area contributed by atoms with E-state index in [1.807, 2.05) is 30.3 Å². The highest BCUT2D eigenvalue weighted by atomic mass is 35.5. The van der Waals surface area contributed by atoms with E-state index in [1.165, 1.54) is 11.8 Å². The Morgan fingerprint density at radius 2 is 1.95 bits per heavy atom. The number of hydrogen-bond donors (Lipinski definition) is 1. The van der Waals surface area contributed by atoms with Crippen LogP contribution in [0.5, 0.6) is 0 Å². The van der Waals surface area contributed by atoms with E-state index in [1.54, 1.807) is 0 Å². The molecule has 20 heavy (non-hydrogen) atoms. The van der Waals surface area contributed by atoms with Gasteiger partial charge in [-0.25, -0.2) is 0 Å². The minimum Gasteiger partial charge on any atom is -0.480 e. The molecule has 6 heteroatoms. The zero-order valence-corrected chi connectivity index (χ0v) is 12.9. The molecule has 112 valence electrons. The fourth-order valence-corrected chi connectivity index (χ4v) is 2.99. The SMILES string of the molecule is Cl.O=C(O)C(CCN1CCOCC1)Sc1ccccc1. The highest BCUT2D eigenvalue weighted by Gasteiger charge is 2.20. The summed E-state index contributed by atoms with van der Waals surface area (Å²) in [6.07, 6.45) is 0.662. The second-order valence-corrected chi connectivity index (χ2v) is 5.78. The molecular formula is C14H20ClNO3S. The molecule has 0 saturated carbocycles. The van der Waals surface area contributed by atoms with E-state index >= 15 is 0 Å². The van der Waals surface area contributed by atoms with Crippen LogP contribution in [0, 0.1) is 0 Å². The van der Waals surface area contributed by atoms with Crippen LogP contribution >= 0.6 is 24.2 Å². The van der Waals surface area contributed by atoms with Crippen molar-refractivity contribution in [2.75, 3.05) is 32.8 Å². The van der Waals surface area contributed by atoms with Gasteiger partial charge < -0.3 is 9.84 Å². The van der Waals surface area contributed by atoms with E-state index in [4.69, 9.17) is 4.74 Å². The van der Waals surface area contributed by atoms with Crippen LogP contribution in [0.4, 0.5) is 0 Å². The normalized spacial score (nSPS) is 17.2. The van der Waals surface area contributed by atoms with Gasteiger partial charge in [0.15, 0.2) is 0 Å². The molecule has 4 nitrogen and oxygen atoms in total. The highest BCUT2D eigenvalue weighted by Crippen LogP contribution is 2.25. The third kappa shape index (κ3) is 5.71. The molecule has 1 aliphatic heterocycles. The van der Waals surface area contributed by atoms with Gasteiger partial charge in [0, 0.05) is 18.0 Å². The first-order chi connectivity index (χ1) is 9.25. The number of morpholine rings is 1. The molecule has 0 spiro atoms. The fourth-order valence-electron chi connectivity index (χ4n) is 2.02. The average Bonchev–Trinajstić information content (AvgIpc) is 2.45. The van der Waals surface area contributed by atoms with Gasteiger partial charge >= 0.3 is 5.97 Å². The molecule has 1 N–H and O–H groups in total. The molecule has 1 unspecified atom stereocenters. The number of nitrogens with zero attached hydrogens (tertiary/aromatic N) is 1. The van der Waals surface area contributed by atoms with Crippen LogP contribution in [0.3, 0.4) is 0 Å². The quantitative estimate of drug-likeness (QED) is 0.816. The van der Waals surface area contributed by atoms with E-state index in [0.29, 0.717) is 6.42 Å². The number of ether oxygens (including phenoxy) is 1. The van der Waals surface area contributed by atoms with Crippen LogP contribution in [0.1, 0.15) is 6.42 Å². The zero-order chi connectivity index (χ0) is 13.5. The summed E-state index contributed by atoms with van der Waals surface area (Å²) >= 11 is 1.43. The maximum Gasteiger partial charge on any atom is 0.317 e. The van der Waals surface area contributed by atoms with Crippen molar-refractivity contribution in [2.45, 2.75) is 16.6 Å². The molecule has 1 heterocycles. The predicted octanol–water partition coefficient (Wildman–Crippen LogP) is 2.38. The standard InChI is InChI=1S/C14H19NO3S.ClH/c16-14(17)13(19-12-4-2-1-3-5-12)6-7-15-8-10-18-11-9-15;/h1-5,13H,6-11H2,(H,16,17);1H. The molecule has 0 aliphatic carbocycles. The van der Waals surface area contributed by atoms with E-state index in [2.05, 4.69) is 4.90 Å². The maximum absolute atomic E-state index is 11.3. The van der Waals surface area contributed by atoms with Gasteiger partial charge in [-0.1, -0.05) is 18.2 Å². The lowest BCUT2D eigenvalue weighted by Gasteiger charge is -2.27. The second-order valence-electron chi connectivity index (χ2n) is 4.50. The number of carboxylic acids is 1. The van der Waals surface area contributed by atoms with Gasteiger partial charge in [0.2, 0.25) is 0 Å². The number of hydrogen-bond acceptors (Lipinski definition) is 4. The van der Waals surface area contributed by atoms with Crippen molar-refractivity contribution in [1.29, 1.82) is 0 Å². The van der Waals surface area contributed by atoms with Crippen molar-refractivity contribution in [3.8, 4) is 0 Å². The zero-order valence-electron chi connectivity index (χ0n) is 11.2. The van der Waals surface area contributed by atoms with Gasteiger partial charge in [-0.2, -0.15) is 0 Å². The van der Waals surface area contributed by atoms with Crippen LogP contribution < -0.4 is 0 Å². The minimum absolute atomic E-state index is 0. The summed E-state index contributed by atoms with van der Waals surface area (Å²) in [5, 5.41) is 8.92. The Morgan fingerprint density at radius 1 is 1.30 bits per heavy atom. The van der Waals surface area contributed by atoms with Gasteiger partial charge in [-0.15, -0.1) is 24.2 Å². The van der Waals surface area contributed by atoms with Crippen molar-refractivity contribution in [3.05, 3.63) is 30.3 Å². The molecule has 1 aliphatic rings. The Kier molecular flexibility index (Phi) is 7.99. The van der Waals surface area contributed by atoms with Gasteiger partial charge in [0.05, 0.1) is 13.2 Å². The number of benzene rings is 1. The summed E-state index contributed by atoms with van der Waals surface area (Å²) in [6.45, 7) is 4.14. The first-order valence-corrected chi connectivity index (χ1v) is 7.38. The van der Waals surface area contributed by atoms with Gasteiger partial charge in [0.1, 0.15) is 5.25 Å². The summed E-state index contributed by atoms with van der Waals surface area (Å²) in [7, 11) is 0. The Bertz CT molecular complexity index is 399. The fraction of sp³-hybridized carbons (Fsp3) is 0.500. The third-order valence-corrected chi connectivity index (χ3v) is 4.37. The molecule has 0 bridgehead atoms. The Balaban J connectivity index is 0.00000200. The average molecular weight is 318 g/mol. The third-order valence-electron chi connectivity index (χ3n) is 3.11. The van der Waals surface area contributed by atoms with Crippen molar-refractivity contribution in [1.82, 2.24) is 4.90 Å². The summed E-state index contributed by atoms with van der Waals surface area (Å²) < 4.78 is 5.29. The van der Waals surface area contributed by atoms with Gasteiger partial charge in [-0.3, -0.25) is 9.69 Å². The minimum atomic E-state index is -0.734. The molecule has 0 amide bonds. The van der Waals surface area contributed by atoms with E-state index in [-0.39, 0.29) is 17.7 Å². The number of thioether (sulfide) groups is 1. The summed E-state index contributed by atoms with van der Waals surface area (Å²) in [6, 6.07) is 9.71. The van der Waals surface area contributed by atoms with Crippen LogP contribution in [0.2, 0.25) is 0 Å². The first kappa shape index (κ1) is 17.3. The monoisotopic (exact) mass is 317 g/mol. The number of halogens is 1. The number of aliphatic carboxylic acids is 1.